The van der Waals surface area contributed by atoms with Crippen LogP contribution in [0.5, 0.6) is 0 Å². The average molecular weight is 273 g/mol. The monoisotopic (exact) mass is 273 g/mol. The number of nitrogens with zero attached hydrogens (tertiary/aromatic N) is 1. The third kappa shape index (κ3) is 6.55. The molecule has 0 spiro atoms. The zero-order valence-electron chi connectivity index (χ0n) is 11.6. The molecule has 0 radical (unpaired) electrons. The molecule has 1 aromatic rings. The van der Waals surface area contributed by atoms with Crippen LogP contribution in [0.4, 0.5) is 0 Å². The summed E-state index contributed by atoms with van der Waals surface area (Å²) in [5, 5.41) is 13.6. The van der Waals surface area contributed by atoms with Crippen LogP contribution in [0, 0.1) is 18.3 Å². The van der Waals surface area contributed by atoms with E-state index in [1.54, 1.807) is 6.07 Å². The number of hydrogen-bond donors (Lipinski definition) is 2. The third-order valence-corrected chi connectivity index (χ3v) is 2.73. The highest BCUT2D eigenvalue weighted by Gasteiger charge is 2.03. The zero-order valence-corrected chi connectivity index (χ0v) is 11.6. The Labute approximate surface area is 119 Å². The van der Waals surface area contributed by atoms with Gasteiger partial charge in [-0.15, -0.1) is 0 Å². The van der Waals surface area contributed by atoms with Gasteiger partial charge in [0.25, 0.3) is 0 Å². The summed E-state index contributed by atoms with van der Waals surface area (Å²) in [6, 6.07) is 9.83. The van der Waals surface area contributed by atoms with Gasteiger partial charge in [-0.1, -0.05) is 29.8 Å². The van der Waals surface area contributed by atoms with E-state index in [2.05, 4.69) is 16.7 Å². The third-order valence-electron chi connectivity index (χ3n) is 2.73. The molecule has 0 aliphatic rings. The first-order chi connectivity index (χ1) is 9.61. The highest BCUT2D eigenvalue weighted by molar-refractivity contribution is 5.78. The van der Waals surface area contributed by atoms with Gasteiger partial charge in [0.15, 0.2) is 0 Å². The minimum atomic E-state index is -0.318. The molecule has 0 saturated carbocycles. The van der Waals surface area contributed by atoms with Crippen molar-refractivity contribution >= 4 is 11.8 Å². The van der Waals surface area contributed by atoms with Crippen LogP contribution in [0.3, 0.4) is 0 Å². The van der Waals surface area contributed by atoms with E-state index in [1.807, 2.05) is 25.1 Å². The van der Waals surface area contributed by atoms with E-state index in [-0.39, 0.29) is 18.2 Å². The molecule has 2 N–H and O–H groups in total. The van der Waals surface area contributed by atoms with Crippen LogP contribution in [-0.2, 0) is 16.0 Å². The Kier molecular flexibility index (Phi) is 6.83. The molecular formula is C15H19N3O2. The van der Waals surface area contributed by atoms with Crippen LogP contribution in [0.2, 0.25) is 0 Å². The van der Waals surface area contributed by atoms with Crippen molar-refractivity contribution in [3.63, 3.8) is 0 Å². The molecule has 0 unspecified atom stereocenters. The lowest BCUT2D eigenvalue weighted by atomic mass is 10.1. The van der Waals surface area contributed by atoms with E-state index in [0.29, 0.717) is 25.9 Å². The van der Waals surface area contributed by atoms with Crippen LogP contribution in [0.25, 0.3) is 0 Å². The van der Waals surface area contributed by atoms with Crippen molar-refractivity contribution in [2.45, 2.75) is 26.2 Å². The van der Waals surface area contributed by atoms with Gasteiger partial charge < -0.3 is 10.6 Å². The number of aryl methyl sites for hydroxylation is 2. The molecule has 0 atom stereocenters. The maximum absolute atomic E-state index is 11.6. The van der Waals surface area contributed by atoms with Crippen molar-refractivity contribution in [1.82, 2.24) is 10.6 Å². The number of amides is 2. The van der Waals surface area contributed by atoms with Gasteiger partial charge in [-0.2, -0.15) is 5.26 Å². The lowest BCUT2D eigenvalue weighted by Gasteiger charge is -2.06. The fraction of sp³-hybridized carbons (Fsp3) is 0.400. The van der Waals surface area contributed by atoms with Gasteiger partial charge in [0.05, 0.1) is 6.07 Å². The zero-order chi connectivity index (χ0) is 14.8. The molecule has 5 heteroatoms. The second kappa shape index (κ2) is 8.70. The number of carbonyl (C=O) groups is 2. The van der Waals surface area contributed by atoms with Crippen molar-refractivity contribution in [1.29, 1.82) is 5.26 Å². The molecule has 0 aliphatic heterocycles. The van der Waals surface area contributed by atoms with Gasteiger partial charge in [-0.25, -0.2) is 0 Å². The summed E-state index contributed by atoms with van der Waals surface area (Å²) >= 11 is 0. The highest BCUT2D eigenvalue weighted by Crippen LogP contribution is 2.06. The summed E-state index contributed by atoms with van der Waals surface area (Å²) in [7, 11) is 0. The number of rotatable bonds is 7. The SMILES string of the molecule is Cc1cccc(CCC(=O)NCCNC(=O)CC#N)c1. The minimum absolute atomic E-state index is 0.0407. The normalized spacial score (nSPS) is 9.60. The Morgan fingerprint density at radius 1 is 1.20 bits per heavy atom. The average Bonchev–Trinajstić information content (AvgIpc) is 2.42. The summed E-state index contributed by atoms with van der Waals surface area (Å²) < 4.78 is 0. The van der Waals surface area contributed by atoms with E-state index < -0.39 is 0 Å². The van der Waals surface area contributed by atoms with E-state index in [4.69, 9.17) is 5.26 Å². The van der Waals surface area contributed by atoms with Crippen LogP contribution in [0.1, 0.15) is 24.0 Å². The molecule has 0 bridgehead atoms. The van der Waals surface area contributed by atoms with Crippen molar-refractivity contribution in [2.24, 2.45) is 0 Å². The van der Waals surface area contributed by atoms with E-state index in [0.717, 1.165) is 5.56 Å². The maximum atomic E-state index is 11.6. The maximum Gasteiger partial charge on any atom is 0.234 e. The Balaban J connectivity index is 2.15. The van der Waals surface area contributed by atoms with Crippen molar-refractivity contribution in [3.05, 3.63) is 35.4 Å². The van der Waals surface area contributed by atoms with Crippen molar-refractivity contribution < 1.29 is 9.59 Å². The van der Waals surface area contributed by atoms with Crippen LogP contribution < -0.4 is 10.6 Å². The van der Waals surface area contributed by atoms with Gasteiger partial charge in [0.2, 0.25) is 11.8 Å². The van der Waals surface area contributed by atoms with Crippen molar-refractivity contribution in [3.8, 4) is 6.07 Å². The minimum Gasteiger partial charge on any atom is -0.354 e. The summed E-state index contributed by atoms with van der Waals surface area (Å²) in [6.45, 7) is 2.74. The Morgan fingerprint density at radius 3 is 2.55 bits per heavy atom. The fourth-order valence-corrected chi connectivity index (χ4v) is 1.75. The second-order valence-electron chi connectivity index (χ2n) is 4.52. The largest absolute Gasteiger partial charge is 0.354 e. The van der Waals surface area contributed by atoms with Crippen LogP contribution in [-0.4, -0.2) is 24.9 Å². The lowest BCUT2D eigenvalue weighted by Crippen LogP contribution is -2.34. The molecule has 0 saturated heterocycles. The quantitative estimate of drug-likeness (QED) is 0.729. The lowest BCUT2D eigenvalue weighted by molar-refractivity contribution is -0.122. The highest BCUT2D eigenvalue weighted by atomic mass is 16.2. The van der Waals surface area contributed by atoms with E-state index in [1.165, 1.54) is 5.56 Å². The molecule has 0 aromatic heterocycles. The van der Waals surface area contributed by atoms with E-state index in [9.17, 15) is 9.59 Å². The molecule has 0 fully saturated rings. The molecule has 1 aromatic carbocycles. The van der Waals surface area contributed by atoms with Gasteiger partial charge in [0, 0.05) is 19.5 Å². The van der Waals surface area contributed by atoms with E-state index >= 15 is 0 Å². The summed E-state index contributed by atoms with van der Waals surface area (Å²) in [5.41, 5.74) is 2.32. The van der Waals surface area contributed by atoms with Crippen LogP contribution >= 0.6 is 0 Å². The Bertz CT molecular complexity index is 506. The number of nitrogens with one attached hydrogen (secondary N) is 2. The number of benzene rings is 1. The molecule has 2 amide bonds. The van der Waals surface area contributed by atoms with Gasteiger partial charge >= 0.3 is 0 Å². The standard InChI is InChI=1S/C15H19N3O2/c1-12-3-2-4-13(11-12)5-6-14(19)17-9-10-18-15(20)7-8-16/h2-4,11H,5-7,9-10H2,1H3,(H,17,19)(H,18,20). The number of carbonyl (C=O) groups excluding carboxylic acids is 2. The first-order valence-corrected chi connectivity index (χ1v) is 6.57. The predicted molar refractivity (Wildman–Crippen MR) is 75.7 cm³/mol. The van der Waals surface area contributed by atoms with Gasteiger partial charge in [0.1, 0.15) is 6.42 Å². The van der Waals surface area contributed by atoms with Gasteiger partial charge in [-0.3, -0.25) is 9.59 Å². The molecule has 1 rings (SSSR count). The van der Waals surface area contributed by atoms with Gasteiger partial charge in [-0.05, 0) is 18.9 Å². The smallest absolute Gasteiger partial charge is 0.234 e. The van der Waals surface area contributed by atoms with Crippen LogP contribution in [0.15, 0.2) is 24.3 Å². The first-order valence-electron chi connectivity index (χ1n) is 6.57. The topological polar surface area (TPSA) is 82.0 Å². The fourth-order valence-electron chi connectivity index (χ4n) is 1.75. The predicted octanol–water partition coefficient (Wildman–Crippen LogP) is 1.07. The Hall–Kier alpha value is -2.35. The number of nitriles is 1. The summed E-state index contributed by atoms with van der Waals surface area (Å²) in [5.74, 6) is -0.359. The van der Waals surface area contributed by atoms with Crippen molar-refractivity contribution in [2.75, 3.05) is 13.1 Å². The molecule has 5 nitrogen and oxygen atoms in total. The Morgan fingerprint density at radius 2 is 1.90 bits per heavy atom. The number of hydrogen-bond acceptors (Lipinski definition) is 3. The first kappa shape index (κ1) is 15.7. The molecular weight excluding hydrogens is 254 g/mol. The summed E-state index contributed by atoms with van der Waals surface area (Å²) in [4.78, 5) is 22.6. The molecule has 0 aliphatic carbocycles. The molecule has 0 heterocycles. The second-order valence-corrected chi connectivity index (χ2v) is 4.52. The molecule has 20 heavy (non-hydrogen) atoms. The summed E-state index contributed by atoms with van der Waals surface area (Å²) in [6.07, 6.45) is 0.977. The molecule has 106 valence electrons.